The summed E-state index contributed by atoms with van der Waals surface area (Å²) >= 11 is 0. The third-order valence-corrected chi connectivity index (χ3v) is 4.82. The highest BCUT2D eigenvalue weighted by Gasteiger charge is 2.25. The van der Waals surface area contributed by atoms with E-state index in [0.29, 0.717) is 0 Å². The van der Waals surface area contributed by atoms with Crippen LogP contribution in [0.15, 0.2) is 54.6 Å². The third kappa shape index (κ3) is 1.41. The minimum absolute atomic E-state index is 0.806. The fourth-order valence-electron chi connectivity index (χ4n) is 3.77. The lowest BCUT2D eigenvalue weighted by atomic mass is 9.84. The summed E-state index contributed by atoms with van der Waals surface area (Å²) in [5.74, 6) is 0. The first-order valence-electron chi connectivity index (χ1n) is 7.49. The van der Waals surface area contributed by atoms with Crippen molar-refractivity contribution in [2.75, 3.05) is 0 Å². The number of aliphatic hydroxyl groups is 2. The van der Waals surface area contributed by atoms with Crippen molar-refractivity contribution in [3.05, 3.63) is 65.7 Å². The molecule has 4 aromatic rings. The van der Waals surface area contributed by atoms with Crippen molar-refractivity contribution in [1.29, 1.82) is 0 Å². The fourth-order valence-corrected chi connectivity index (χ4v) is 3.77. The topological polar surface area (TPSA) is 40.5 Å². The summed E-state index contributed by atoms with van der Waals surface area (Å²) in [6.45, 7) is 0. The lowest BCUT2D eigenvalue weighted by molar-refractivity contribution is 0.0472. The molecule has 0 aromatic heterocycles. The summed E-state index contributed by atoms with van der Waals surface area (Å²) < 4.78 is 0. The molecule has 0 fully saturated rings. The van der Waals surface area contributed by atoms with E-state index in [9.17, 15) is 10.2 Å². The van der Waals surface area contributed by atoms with Crippen LogP contribution in [0.25, 0.3) is 38.4 Å². The second-order valence-electron chi connectivity index (χ2n) is 6.03. The van der Waals surface area contributed by atoms with E-state index in [1.165, 1.54) is 21.5 Å². The van der Waals surface area contributed by atoms with Crippen molar-refractivity contribution in [3.63, 3.8) is 0 Å². The van der Waals surface area contributed by atoms with E-state index in [4.69, 9.17) is 0 Å². The van der Waals surface area contributed by atoms with Crippen LogP contribution in [0.3, 0.4) is 0 Å². The van der Waals surface area contributed by atoms with E-state index in [0.717, 1.165) is 21.9 Å². The number of benzene rings is 4. The standard InChI is InChI=1S/C20H14O2/c21-17-9-8-14-15-7-6-12-3-1-2-11-4-5-13(19(15)18(11)12)10-16(14)20(17)22/h1-10,17,20-22H/t17-,20+/m0/s1. The Bertz CT molecular complexity index is 1050. The molecular weight excluding hydrogens is 272 g/mol. The van der Waals surface area contributed by atoms with E-state index in [-0.39, 0.29) is 0 Å². The van der Waals surface area contributed by atoms with Gasteiger partial charge in [-0.2, -0.15) is 0 Å². The Morgan fingerprint density at radius 2 is 1.50 bits per heavy atom. The minimum atomic E-state index is -0.859. The second-order valence-corrected chi connectivity index (χ2v) is 6.03. The molecule has 1 aliphatic carbocycles. The highest BCUT2D eigenvalue weighted by Crippen LogP contribution is 2.41. The summed E-state index contributed by atoms with van der Waals surface area (Å²) in [5.41, 5.74) is 1.82. The van der Waals surface area contributed by atoms with Gasteiger partial charge < -0.3 is 10.2 Å². The second kappa shape index (κ2) is 4.07. The van der Waals surface area contributed by atoms with E-state index in [1.807, 2.05) is 12.1 Å². The number of hydrogen-bond acceptors (Lipinski definition) is 2. The first-order valence-corrected chi connectivity index (χ1v) is 7.49. The van der Waals surface area contributed by atoms with Gasteiger partial charge in [0.15, 0.2) is 0 Å². The Kier molecular flexibility index (Phi) is 2.25. The van der Waals surface area contributed by atoms with Gasteiger partial charge in [0, 0.05) is 0 Å². The molecule has 2 N–H and O–H groups in total. The van der Waals surface area contributed by atoms with Gasteiger partial charge in [0.1, 0.15) is 12.2 Å². The molecule has 0 heterocycles. The van der Waals surface area contributed by atoms with E-state index in [1.54, 1.807) is 6.08 Å². The van der Waals surface area contributed by atoms with Crippen LogP contribution in [-0.2, 0) is 0 Å². The molecule has 0 saturated heterocycles. The third-order valence-electron chi connectivity index (χ3n) is 4.82. The summed E-state index contributed by atoms with van der Waals surface area (Å²) in [7, 11) is 0. The fraction of sp³-hybridized carbons (Fsp3) is 0.100. The van der Waals surface area contributed by atoms with Crippen molar-refractivity contribution in [3.8, 4) is 0 Å². The van der Waals surface area contributed by atoms with Crippen molar-refractivity contribution >= 4 is 38.4 Å². The summed E-state index contributed by atoms with van der Waals surface area (Å²) in [6.07, 6.45) is 1.91. The summed E-state index contributed by atoms with van der Waals surface area (Å²) in [4.78, 5) is 0. The molecule has 22 heavy (non-hydrogen) atoms. The molecule has 4 aromatic carbocycles. The van der Waals surface area contributed by atoms with Gasteiger partial charge in [0.2, 0.25) is 0 Å². The Labute approximate surface area is 127 Å². The van der Waals surface area contributed by atoms with Gasteiger partial charge in [0.25, 0.3) is 0 Å². The maximum atomic E-state index is 10.3. The highest BCUT2D eigenvalue weighted by atomic mass is 16.3. The predicted molar refractivity (Wildman–Crippen MR) is 90.1 cm³/mol. The zero-order valence-corrected chi connectivity index (χ0v) is 11.8. The lowest BCUT2D eigenvalue weighted by Crippen LogP contribution is -2.19. The monoisotopic (exact) mass is 286 g/mol. The quantitative estimate of drug-likeness (QED) is 0.480. The van der Waals surface area contributed by atoms with E-state index < -0.39 is 12.2 Å². The summed E-state index contributed by atoms with van der Waals surface area (Å²) in [6, 6.07) is 16.8. The van der Waals surface area contributed by atoms with Crippen LogP contribution in [-0.4, -0.2) is 16.3 Å². The molecule has 0 radical (unpaired) electrons. The Hall–Kier alpha value is -2.42. The molecular formula is C20H14O2. The molecule has 106 valence electrons. The van der Waals surface area contributed by atoms with Crippen molar-refractivity contribution < 1.29 is 10.2 Å². The molecule has 2 nitrogen and oxygen atoms in total. The van der Waals surface area contributed by atoms with Gasteiger partial charge in [-0.3, -0.25) is 0 Å². The highest BCUT2D eigenvalue weighted by molar-refractivity contribution is 6.24. The molecule has 2 heteroatoms. The zero-order valence-electron chi connectivity index (χ0n) is 11.8. The Balaban J connectivity index is 2.05. The van der Waals surface area contributed by atoms with Crippen LogP contribution < -0.4 is 0 Å². The van der Waals surface area contributed by atoms with Crippen LogP contribution in [0.2, 0.25) is 0 Å². The van der Waals surface area contributed by atoms with Crippen LogP contribution >= 0.6 is 0 Å². The Morgan fingerprint density at radius 1 is 0.773 bits per heavy atom. The average Bonchev–Trinajstić information content (AvgIpc) is 2.56. The van der Waals surface area contributed by atoms with E-state index in [2.05, 4.69) is 42.5 Å². The first-order chi connectivity index (χ1) is 10.7. The van der Waals surface area contributed by atoms with Gasteiger partial charge in [-0.1, -0.05) is 54.6 Å². The molecule has 5 rings (SSSR count). The Morgan fingerprint density at radius 3 is 2.32 bits per heavy atom. The van der Waals surface area contributed by atoms with Gasteiger partial charge in [-0.25, -0.2) is 0 Å². The lowest BCUT2D eigenvalue weighted by Gasteiger charge is -2.24. The molecule has 0 amide bonds. The number of rotatable bonds is 0. The van der Waals surface area contributed by atoms with Crippen molar-refractivity contribution in [1.82, 2.24) is 0 Å². The first kappa shape index (κ1) is 12.2. The van der Waals surface area contributed by atoms with Gasteiger partial charge in [-0.15, -0.1) is 0 Å². The number of fused-ring (bicyclic) bond motifs is 2. The minimum Gasteiger partial charge on any atom is -0.386 e. The predicted octanol–water partition coefficient (Wildman–Crippen LogP) is 4.01. The van der Waals surface area contributed by atoms with Gasteiger partial charge in [-0.05, 0) is 49.5 Å². The molecule has 1 aliphatic rings. The molecule has 2 atom stereocenters. The average molecular weight is 286 g/mol. The van der Waals surface area contributed by atoms with Crippen LogP contribution in [0.1, 0.15) is 17.2 Å². The largest absolute Gasteiger partial charge is 0.386 e. The maximum absolute atomic E-state index is 10.3. The normalized spacial score (nSPS) is 21.0. The van der Waals surface area contributed by atoms with Crippen LogP contribution in [0.5, 0.6) is 0 Å². The number of hydrogen-bond donors (Lipinski definition) is 2. The van der Waals surface area contributed by atoms with Gasteiger partial charge >= 0.3 is 0 Å². The molecule has 0 saturated carbocycles. The van der Waals surface area contributed by atoms with Crippen molar-refractivity contribution in [2.24, 2.45) is 0 Å². The SMILES string of the molecule is O[C@@H]1c2cc3ccc4cccc5ccc(c2C=C[C@@H]1O)c3c45. The van der Waals surface area contributed by atoms with Crippen LogP contribution in [0, 0.1) is 0 Å². The smallest absolute Gasteiger partial charge is 0.109 e. The maximum Gasteiger partial charge on any atom is 0.109 e. The number of aliphatic hydroxyl groups excluding tert-OH is 2. The molecule has 0 unspecified atom stereocenters. The van der Waals surface area contributed by atoms with Crippen molar-refractivity contribution in [2.45, 2.75) is 12.2 Å². The molecule has 0 spiro atoms. The van der Waals surface area contributed by atoms with Crippen LogP contribution in [0.4, 0.5) is 0 Å². The molecule has 0 bridgehead atoms. The summed E-state index contributed by atoms with van der Waals surface area (Å²) in [5, 5.41) is 27.4. The van der Waals surface area contributed by atoms with E-state index >= 15 is 0 Å². The zero-order chi connectivity index (χ0) is 14.8. The molecule has 0 aliphatic heterocycles. The van der Waals surface area contributed by atoms with Gasteiger partial charge in [0.05, 0.1) is 0 Å².